The number of aromatic nitrogens is 2. The molecule has 506 valence electrons. The van der Waals surface area contributed by atoms with Crippen LogP contribution < -0.4 is 4.06 Å². The van der Waals surface area contributed by atoms with Gasteiger partial charge in [0.15, 0.2) is 0 Å². The fraction of sp³-hybridized carbons (Fsp3) is 0.175. The number of nitro benzene ring substituents is 4. The monoisotopic (exact) mass is 1580 g/mol. The van der Waals surface area contributed by atoms with Crippen LogP contribution in [0, 0.1) is 57.4 Å². The Morgan fingerprint density at radius 2 is 0.711 bits per heavy atom. The molecule has 4 aromatic heterocycles. The summed E-state index contributed by atoms with van der Waals surface area (Å²) in [5, 5.41) is 43.5. The lowest BCUT2D eigenvalue weighted by molar-refractivity contribution is -0.385. The molecular formula is C63H56N6O13S15. The fourth-order valence-electron chi connectivity index (χ4n) is 8.69. The molecular weight excluding hydrogens is 1530 g/mol. The molecule has 97 heavy (non-hydrogen) atoms. The lowest BCUT2D eigenvalue weighted by Gasteiger charge is -2.07. The minimum absolute atomic E-state index is 0. The first-order valence-corrected chi connectivity index (χ1v) is 42.0. The lowest BCUT2D eigenvalue weighted by atomic mass is 10.1. The van der Waals surface area contributed by atoms with Crippen molar-refractivity contribution >= 4 is 204 Å². The zero-order valence-electron chi connectivity index (χ0n) is 49.9. The van der Waals surface area contributed by atoms with Crippen molar-refractivity contribution in [2.24, 2.45) is 0 Å². The summed E-state index contributed by atoms with van der Waals surface area (Å²) in [5.41, 5.74) is 6.56. The third-order valence-electron chi connectivity index (χ3n) is 13.8. The number of non-ortho nitro benzene ring substituents is 4. The molecule has 6 heterocycles. The summed E-state index contributed by atoms with van der Waals surface area (Å²) < 4.78 is 63.1. The quantitative estimate of drug-likeness (QED) is 0.0235. The highest BCUT2D eigenvalue weighted by molar-refractivity contribution is 8.42. The van der Waals surface area contributed by atoms with Gasteiger partial charge < -0.3 is 0 Å². The van der Waals surface area contributed by atoms with Crippen LogP contribution in [0.25, 0.3) is 9.40 Å². The zero-order chi connectivity index (χ0) is 68.3. The number of nitro groups is 4. The summed E-state index contributed by atoms with van der Waals surface area (Å²) in [4.78, 5) is 55.4. The number of rotatable bonds is 24. The van der Waals surface area contributed by atoms with Gasteiger partial charge in [-0.1, -0.05) is 173 Å². The highest BCUT2D eigenvalue weighted by Crippen LogP contribution is 2.64. The summed E-state index contributed by atoms with van der Waals surface area (Å²) in [6, 6.07) is 40.2. The van der Waals surface area contributed by atoms with Gasteiger partial charge in [0, 0.05) is 108 Å². The molecule has 0 fully saturated rings. The van der Waals surface area contributed by atoms with Crippen LogP contribution in [0.3, 0.4) is 0 Å². The molecule has 0 N–H and O–H groups in total. The molecule has 0 aliphatic carbocycles. The Morgan fingerprint density at radius 1 is 0.423 bits per heavy atom. The van der Waals surface area contributed by atoms with Crippen molar-refractivity contribution in [2.45, 2.75) is 75.0 Å². The maximum absolute atomic E-state index is 13.2. The minimum Gasteiger partial charge on any atom is -0.265 e. The van der Waals surface area contributed by atoms with Gasteiger partial charge in [-0.2, -0.15) is 0 Å². The Morgan fingerprint density at radius 3 is 1.02 bits per heavy atom. The number of fused-ring (bicyclic) bond motifs is 2. The maximum Gasteiger partial charge on any atom is 0.288 e. The summed E-state index contributed by atoms with van der Waals surface area (Å²) in [7, 11) is -7.26. The van der Waals surface area contributed by atoms with Crippen molar-refractivity contribution < 1.29 is 38.0 Å². The smallest absolute Gasteiger partial charge is 0.265 e. The van der Waals surface area contributed by atoms with Gasteiger partial charge in [0.25, 0.3) is 46.9 Å². The van der Waals surface area contributed by atoms with Crippen molar-refractivity contribution in [3.8, 4) is 0 Å². The molecule has 0 radical (unpaired) electrons. The standard InChI is InChI=1S/C31H25N3O6S7.C19H16N2O4S5.C12H9NO3S3.CH4.H2/c1-20-2-12-25(13-3-20)47(39,40)32-18-26-27(19-32)44-30(43-26)31-45-28(41-16-14-21-4-8-23(9-5-21)33(35)36)29(46-31)42-17-15-22-6-10-24(11-7-22)34(37)38;22-20(23)15-5-1-13(2-6-15)9-11-27-17-18(30-19(26)29-17)28-12-10-14-3-7-16(8-4-14)21(24)25;1-8-2-4-9(5-3-8)19(15,16)13-6-10-11(7-13)18-12(14)17-10;;/h2-13,18-19H,14-17H2,1H3;1-8H,9-12H2;2-7H,1H3;1H4;1H. The Hall–Kier alpha value is -5.96. The van der Waals surface area contributed by atoms with Crippen LogP contribution in [0.4, 0.5) is 22.7 Å². The van der Waals surface area contributed by atoms with Crippen molar-refractivity contribution in [3.05, 3.63) is 273 Å². The zero-order valence-corrected chi connectivity index (χ0v) is 62.2. The fourth-order valence-corrected chi connectivity index (χ4v) is 28.3. The molecule has 0 unspecified atom stereocenters. The average molecular weight is 1590 g/mol. The van der Waals surface area contributed by atoms with Gasteiger partial charge in [0.05, 0.1) is 64.3 Å². The molecule has 10 aromatic rings. The van der Waals surface area contributed by atoms with Crippen molar-refractivity contribution in [2.75, 3.05) is 23.0 Å². The topological polar surface area (TPSA) is 268 Å². The third kappa shape index (κ3) is 20.2. The van der Waals surface area contributed by atoms with Crippen LogP contribution in [0.15, 0.2) is 220 Å². The first-order chi connectivity index (χ1) is 45.9. The Labute approximate surface area is 614 Å². The van der Waals surface area contributed by atoms with Crippen LogP contribution in [0.2, 0.25) is 0 Å². The Kier molecular flexibility index (Phi) is 26.7. The minimum atomic E-state index is -3.69. The summed E-state index contributed by atoms with van der Waals surface area (Å²) >= 11 is 24.4. The Balaban J connectivity index is 0.000000205. The highest BCUT2D eigenvalue weighted by atomic mass is 32.3. The number of nitrogens with zero attached hydrogens (tertiary/aromatic N) is 6. The van der Waals surface area contributed by atoms with E-state index in [0.29, 0.717) is 9.40 Å². The predicted octanol–water partition coefficient (Wildman–Crippen LogP) is 20.3. The van der Waals surface area contributed by atoms with E-state index < -0.39 is 39.7 Å². The van der Waals surface area contributed by atoms with E-state index in [2.05, 4.69) is 0 Å². The van der Waals surface area contributed by atoms with Gasteiger partial charge in [-0.3, -0.25) is 45.3 Å². The predicted molar refractivity (Wildman–Crippen MR) is 412 cm³/mol. The second kappa shape index (κ2) is 34.4. The second-order valence-electron chi connectivity index (χ2n) is 20.4. The van der Waals surface area contributed by atoms with Gasteiger partial charge in [-0.05, 0) is 86.1 Å². The molecule has 0 saturated carbocycles. The van der Waals surface area contributed by atoms with E-state index in [1.54, 1.807) is 226 Å². The van der Waals surface area contributed by atoms with Crippen molar-refractivity contribution in [1.82, 2.24) is 7.94 Å². The third-order valence-corrected chi connectivity index (χ3v) is 33.2. The first-order valence-electron chi connectivity index (χ1n) is 28.2. The molecule has 6 aromatic carbocycles. The van der Waals surface area contributed by atoms with E-state index in [0.717, 1.165) is 126 Å². The summed E-state index contributed by atoms with van der Waals surface area (Å²) in [6.45, 7) is 3.82. The molecule has 34 heteroatoms. The largest absolute Gasteiger partial charge is 0.288 e. The molecule has 0 bridgehead atoms. The van der Waals surface area contributed by atoms with Crippen molar-refractivity contribution in [3.63, 3.8) is 0 Å². The molecule has 2 aliphatic rings. The van der Waals surface area contributed by atoms with E-state index in [4.69, 9.17) is 12.2 Å². The van der Waals surface area contributed by atoms with Gasteiger partial charge in [0.2, 0.25) is 0 Å². The molecule has 12 rings (SSSR count). The lowest BCUT2D eigenvalue weighted by Crippen LogP contribution is -2.10. The van der Waals surface area contributed by atoms with Crippen LogP contribution in [0.1, 0.15) is 42.2 Å². The number of hydrogen-bond acceptors (Lipinski definition) is 26. The normalized spacial score (nSPS) is 12.8. The van der Waals surface area contributed by atoms with E-state index in [1.165, 1.54) is 85.8 Å². The van der Waals surface area contributed by atoms with E-state index >= 15 is 0 Å². The van der Waals surface area contributed by atoms with Crippen LogP contribution in [0.5, 0.6) is 0 Å². The molecule has 19 nitrogen and oxygen atoms in total. The van der Waals surface area contributed by atoms with Crippen molar-refractivity contribution in [1.29, 1.82) is 0 Å². The van der Waals surface area contributed by atoms with Crippen LogP contribution >= 0.6 is 152 Å². The molecule has 0 saturated heterocycles. The SMILES string of the molecule is C.Cc1ccc(S(=O)(=O)n2cc3c(c2)SC(=C2SC(SCCc4ccc([N+](=O)[O-])cc4)=C(SCCc4ccc([N+](=O)[O-])cc4)S2)S3)cc1.Cc1ccc(S(=O)(=O)n2cc3sc(=O)sc3c2)cc1.O=[N+]([O-])c1ccc(CCSc2sc(=S)sc2SCCc2ccc([N+](=O)[O-])cc2)cc1.[HH]. The van der Waals surface area contributed by atoms with Gasteiger partial charge in [-0.15, -0.1) is 69.7 Å². The number of thioether (sulfide) groups is 8. The highest BCUT2D eigenvalue weighted by Gasteiger charge is 2.32. The molecule has 0 atom stereocenters. The molecule has 0 spiro atoms. The van der Waals surface area contributed by atoms with Gasteiger partial charge >= 0.3 is 0 Å². The summed E-state index contributed by atoms with van der Waals surface area (Å²) in [6.07, 6.45) is 9.54. The average Bonchev–Trinajstić information content (AvgIpc) is 1.62. The number of aryl methyl sites for hydroxylation is 6. The number of hydrogen-bond donors (Lipinski definition) is 0. The van der Waals surface area contributed by atoms with Gasteiger partial charge in [0.1, 0.15) is 3.14 Å². The Bertz CT molecular complexity index is 4720. The number of benzene rings is 6. The van der Waals surface area contributed by atoms with Crippen LogP contribution in [-0.2, 0) is 45.7 Å². The van der Waals surface area contributed by atoms with Gasteiger partial charge in [-0.25, -0.2) is 24.8 Å². The van der Waals surface area contributed by atoms with E-state index in [9.17, 15) is 62.1 Å². The summed E-state index contributed by atoms with van der Waals surface area (Å²) in [5.74, 6) is 3.35. The second-order valence-corrected chi connectivity index (χ2v) is 39.7. The van der Waals surface area contributed by atoms with E-state index in [-0.39, 0.29) is 45.4 Å². The first kappa shape index (κ1) is 75.2. The maximum atomic E-state index is 13.2. The van der Waals surface area contributed by atoms with Crippen LogP contribution in [-0.4, -0.2) is 67.5 Å². The molecule has 2 aliphatic heterocycles. The van der Waals surface area contributed by atoms with E-state index in [1.807, 2.05) is 13.8 Å². The molecule has 0 amide bonds.